The average molecular weight is 310 g/mol. The SMILES string of the molecule is Cc1ncc(S(=O)(=O)N(CCOCCCl)C(C)C)[nH]1. The van der Waals surface area contributed by atoms with Crippen LogP contribution < -0.4 is 0 Å². The summed E-state index contributed by atoms with van der Waals surface area (Å²) in [7, 11) is -3.56. The van der Waals surface area contributed by atoms with Crippen molar-refractivity contribution in [2.24, 2.45) is 0 Å². The molecule has 0 saturated carbocycles. The fourth-order valence-corrected chi connectivity index (χ4v) is 3.32. The smallest absolute Gasteiger partial charge is 0.260 e. The van der Waals surface area contributed by atoms with E-state index in [1.54, 1.807) is 6.92 Å². The van der Waals surface area contributed by atoms with Gasteiger partial charge in [-0.2, -0.15) is 4.31 Å². The number of nitrogens with zero attached hydrogens (tertiary/aromatic N) is 2. The molecule has 0 aliphatic carbocycles. The maximum absolute atomic E-state index is 12.4. The highest BCUT2D eigenvalue weighted by atomic mass is 35.5. The number of hydrogen-bond donors (Lipinski definition) is 1. The van der Waals surface area contributed by atoms with E-state index in [4.69, 9.17) is 16.3 Å². The van der Waals surface area contributed by atoms with Crippen LogP contribution in [0.2, 0.25) is 0 Å². The molecule has 0 atom stereocenters. The van der Waals surface area contributed by atoms with Crippen LogP contribution >= 0.6 is 11.6 Å². The molecule has 19 heavy (non-hydrogen) atoms. The molecule has 0 fully saturated rings. The van der Waals surface area contributed by atoms with Gasteiger partial charge >= 0.3 is 0 Å². The largest absolute Gasteiger partial charge is 0.379 e. The summed E-state index contributed by atoms with van der Waals surface area (Å²) in [6.45, 7) is 6.37. The molecule has 0 bridgehead atoms. The van der Waals surface area contributed by atoms with Crippen molar-refractivity contribution < 1.29 is 13.2 Å². The Labute approximate surface area is 119 Å². The number of rotatable bonds is 8. The van der Waals surface area contributed by atoms with Crippen molar-refractivity contribution in [3.05, 3.63) is 12.0 Å². The van der Waals surface area contributed by atoms with Crippen LogP contribution in [0.5, 0.6) is 0 Å². The van der Waals surface area contributed by atoms with E-state index < -0.39 is 10.0 Å². The van der Waals surface area contributed by atoms with E-state index in [1.165, 1.54) is 10.5 Å². The van der Waals surface area contributed by atoms with Crippen LogP contribution in [0.1, 0.15) is 19.7 Å². The number of halogens is 1. The third-order valence-electron chi connectivity index (χ3n) is 2.52. The number of ether oxygens (including phenoxy) is 1. The zero-order chi connectivity index (χ0) is 14.5. The Morgan fingerprint density at radius 2 is 2.16 bits per heavy atom. The van der Waals surface area contributed by atoms with E-state index >= 15 is 0 Å². The highest BCUT2D eigenvalue weighted by molar-refractivity contribution is 7.89. The summed E-state index contributed by atoms with van der Waals surface area (Å²) in [5.74, 6) is 0.967. The molecule has 6 nitrogen and oxygen atoms in total. The number of nitrogens with one attached hydrogen (secondary N) is 1. The first kappa shape index (κ1) is 16.4. The Kier molecular flexibility index (Phi) is 6.25. The molecule has 1 heterocycles. The van der Waals surface area contributed by atoms with Crippen LogP contribution in [0.15, 0.2) is 11.2 Å². The lowest BCUT2D eigenvalue weighted by molar-refractivity contribution is 0.130. The molecular weight excluding hydrogens is 290 g/mol. The van der Waals surface area contributed by atoms with Gasteiger partial charge in [0, 0.05) is 18.5 Å². The minimum atomic E-state index is -3.56. The van der Waals surface area contributed by atoms with Crippen LogP contribution in [-0.4, -0.2) is 54.4 Å². The molecule has 0 aliphatic rings. The second-order valence-corrected chi connectivity index (χ2v) is 6.58. The van der Waals surface area contributed by atoms with Gasteiger partial charge in [0.2, 0.25) is 0 Å². The molecule has 0 unspecified atom stereocenters. The Bertz CT molecular complexity index is 487. The first-order valence-corrected chi connectivity index (χ1v) is 8.04. The molecule has 0 spiro atoms. The Balaban J connectivity index is 2.80. The van der Waals surface area contributed by atoms with E-state index in [9.17, 15) is 8.42 Å². The Morgan fingerprint density at radius 3 is 2.63 bits per heavy atom. The number of sulfonamides is 1. The predicted octanol–water partition coefficient (Wildman–Crippen LogP) is 1.37. The topological polar surface area (TPSA) is 75.3 Å². The minimum absolute atomic E-state index is 0.107. The number of aromatic nitrogens is 2. The maximum atomic E-state index is 12.4. The van der Waals surface area contributed by atoms with Crippen molar-refractivity contribution in [1.82, 2.24) is 14.3 Å². The molecule has 0 aliphatic heterocycles. The van der Waals surface area contributed by atoms with E-state index in [2.05, 4.69) is 9.97 Å². The summed E-state index contributed by atoms with van der Waals surface area (Å²) in [5, 5.41) is 0.107. The maximum Gasteiger partial charge on any atom is 0.260 e. The standard InChI is InChI=1S/C11H20ClN3O3S/c1-9(2)15(5-7-18-6-4-12)19(16,17)11-8-13-10(3)14-11/h8-9H,4-7H2,1-3H3,(H,13,14). The predicted molar refractivity (Wildman–Crippen MR) is 73.9 cm³/mol. The van der Waals surface area contributed by atoms with Crippen molar-refractivity contribution in [2.45, 2.75) is 31.8 Å². The molecule has 0 aromatic carbocycles. The van der Waals surface area contributed by atoms with Gasteiger partial charge in [0.1, 0.15) is 5.82 Å². The van der Waals surface area contributed by atoms with Gasteiger partial charge in [-0.3, -0.25) is 0 Å². The van der Waals surface area contributed by atoms with Crippen molar-refractivity contribution in [3.8, 4) is 0 Å². The molecule has 110 valence electrons. The van der Waals surface area contributed by atoms with Crippen molar-refractivity contribution in [2.75, 3.05) is 25.6 Å². The lowest BCUT2D eigenvalue weighted by Crippen LogP contribution is -2.39. The zero-order valence-corrected chi connectivity index (χ0v) is 13.0. The number of hydrogen-bond acceptors (Lipinski definition) is 4. The molecule has 0 saturated heterocycles. The number of aromatic amines is 1. The minimum Gasteiger partial charge on any atom is -0.379 e. The first-order chi connectivity index (χ1) is 8.89. The summed E-state index contributed by atoms with van der Waals surface area (Å²) in [6.07, 6.45) is 1.33. The molecule has 1 aromatic heterocycles. The summed E-state index contributed by atoms with van der Waals surface area (Å²) in [5.41, 5.74) is 0. The van der Waals surface area contributed by atoms with Gasteiger partial charge in [0.15, 0.2) is 5.03 Å². The number of aryl methyl sites for hydroxylation is 1. The molecule has 0 amide bonds. The van der Waals surface area contributed by atoms with Gasteiger partial charge in [-0.15, -0.1) is 11.6 Å². The lowest BCUT2D eigenvalue weighted by Gasteiger charge is -2.24. The average Bonchev–Trinajstić information content (AvgIpc) is 2.75. The Morgan fingerprint density at radius 1 is 1.47 bits per heavy atom. The van der Waals surface area contributed by atoms with E-state index in [0.29, 0.717) is 24.9 Å². The molecule has 0 radical (unpaired) electrons. The lowest BCUT2D eigenvalue weighted by atomic mass is 10.4. The van der Waals surface area contributed by atoms with Gasteiger partial charge in [-0.1, -0.05) is 0 Å². The highest BCUT2D eigenvalue weighted by Crippen LogP contribution is 2.16. The van der Waals surface area contributed by atoms with Gasteiger partial charge in [0.05, 0.1) is 19.4 Å². The van der Waals surface area contributed by atoms with Crippen molar-refractivity contribution in [3.63, 3.8) is 0 Å². The van der Waals surface area contributed by atoms with Gasteiger partial charge < -0.3 is 9.72 Å². The summed E-state index contributed by atoms with van der Waals surface area (Å²) < 4.78 is 31.5. The summed E-state index contributed by atoms with van der Waals surface area (Å²) in [4.78, 5) is 6.67. The normalized spacial score (nSPS) is 12.5. The van der Waals surface area contributed by atoms with Gasteiger partial charge in [0.25, 0.3) is 10.0 Å². The number of H-pyrrole nitrogens is 1. The quantitative estimate of drug-likeness (QED) is 0.581. The van der Waals surface area contributed by atoms with Crippen molar-refractivity contribution in [1.29, 1.82) is 0 Å². The highest BCUT2D eigenvalue weighted by Gasteiger charge is 2.28. The van der Waals surface area contributed by atoms with E-state index in [1.807, 2.05) is 13.8 Å². The second kappa shape index (κ2) is 7.23. The van der Waals surface area contributed by atoms with Crippen molar-refractivity contribution >= 4 is 21.6 Å². The van der Waals surface area contributed by atoms with Crippen LogP contribution in [-0.2, 0) is 14.8 Å². The second-order valence-electron chi connectivity index (χ2n) is 4.34. The number of imidazole rings is 1. The van der Waals surface area contributed by atoms with Crippen LogP contribution in [0.3, 0.4) is 0 Å². The molecule has 1 rings (SSSR count). The third kappa shape index (κ3) is 4.45. The molecule has 1 N–H and O–H groups in total. The zero-order valence-electron chi connectivity index (χ0n) is 11.4. The Hall–Kier alpha value is -0.630. The van der Waals surface area contributed by atoms with E-state index in [-0.39, 0.29) is 17.6 Å². The fourth-order valence-electron chi connectivity index (χ4n) is 1.62. The van der Waals surface area contributed by atoms with E-state index in [0.717, 1.165) is 0 Å². The summed E-state index contributed by atoms with van der Waals surface area (Å²) >= 11 is 5.50. The third-order valence-corrected chi connectivity index (χ3v) is 4.66. The molecular formula is C11H20ClN3O3S. The first-order valence-electron chi connectivity index (χ1n) is 6.06. The van der Waals surface area contributed by atoms with Crippen LogP contribution in [0.4, 0.5) is 0 Å². The van der Waals surface area contributed by atoms with Gasteiger partial charge in [-0.05, 0) is 20.8 Å². The number of alkyl halides is 1. The monoisotopic (exact) mass is 309 g/mol. The van der Waals surface area contributed by atoms with Crippen LogP contribution in [0.25, 0.3) is 0 Å². The molecule has 1 aromatic rings. The van der Waals surface area contributed by atoms with Crippen LogP contribution in [0, 0.1) is 6.92 Å². The molecule has 8 heteroatoms. The fraction of sp³-hybridized carbons (Fsp3) is 0.727. The van der Waals surface area contributed by atoms with Gasteiger partial charge in [-0.25, -0.2) is 13.4 Å². The summed E-state index contributed by atoms with van der Waals surface area (Å²) in [6, 6.07) is -0.159.